The molecule has 0 atom stereocenters. The van der Waals surface area contributed by atoms with Gasteiger partial charge in [-0.05, 0) is 63.7 Å². The fraction of sp³-hybridized carbons (Fsp3) is 0. The number of benzene rings is 8. The Kier molecular flexibility index (Phi) is 4.89. The van der Waals surface area contributed by atoms with Gasteiger partial charge in [-0.2, -0.15) is 0 Å². The number of hydrogen-bond acceptors (Lipinski definition) is 4. The van der Waals surface area contributed by atoms with E-state index in [1.54, 1.807) is 0 Å². The first-order chi connectivity index (χ1) is 25.3. The van der Waals surface area contributed by atoms with Gasteiger partial charge in [0.25, 0.3) is 0 Å². The van der Waals surface area contributed by atoms with Crippen molar-refractivity contribution in [3.63, 3.8) is 0 Å². The minimum Gasteiger partial charge on any atom is -0.292 e. The quantitative estimate of drug-likeness (QED) is 0.170. The van der Waals surface area contributed by atoms with Crippen LogP contribution in [0.5, 0.6) is 0 Å². The molecule has 0 N–H and O–H groups in total. The van der Waals surface area contributed by atoms with E-state index in [0.29, 0.717) is 0 Å². The second kappa shape index (κ2) is 9.34. The molecule has 0 saturated heterocycles. The molecule has 234 valence electrons. The lowest BCUT2D eigenvalue weighted by Gasteiger charge is -2.16. The summed E-state index contributed by atoms with van der Waals surface area (Å²) >= 11 is 3.73. The van der Waals surface area contributed by atoms with Crippen LogP contribution in [-0.4, -0.2) is 14.5 Å². The Morgan fingerprint density at radius 1 is 0.412 bits per heavy atom. The van der Waals surface area contributed by atoms with Gasteiger partial charge in [0.1, 0.15) is 5.69 Å². The SMILES string of the molecule is c1ccc2c(c1)ccc1nc(-c3cccc4c3sc3ccccc34)c(-n3c4ccc5cccc6c5c4c4c5c(ccc43)sc3cccc-6c35)nc12. The first-order valence-corrected chi connectivity index (χ1v) is 18.9. The summed E-state index contributed by atoms with van der Waals surface area (Å²) < 4.78 is 7.59. The summed E-state index contributed by atoms with van der Waals surface area (Å²) in [5.74, 6) is 0.861. The normalized spacial score (nSPS) is 12.7. The first kappa shape index (κ1) is 26.7. The lowest BCUT2D eigenvalue weighted by Crippen LogP contribution is -2.04. The summed E-state index contributed by atoms with van der Waals surface area (Å²) in [6.45, 7) is 0. The van der Waals surface area contributed by atoms with Crippen molar-refractivity contribution in [3.8, 4) is 28.2 Å². The van der Waals surface area contributed by atoms with Crippen molar-refractivity contribution in [2.24, 2.45) is 0 Å². The highest BCUT2D eigenvalue weighted by Crippen LogP contribution is 2.52. The third-order valence-corrected chi connectivity index (χ3v) is 13.4. The Hall–Kier alpha value is -6.14. The van der Waals surface area contributed by atoms with Crippen LogP contribution in [-0.2, 0) is 0 Å². The maximum Gasteiger partial charge on any atom is 0.165 e. The number of fused-ring (bicyclic) bond motifs is 7. The molecule has 0 fully saturated rings. The van der Waals surface area contributed by atoms with E-state index in [1.807, 2.05) is 22.7 Å². The van der Waals surface area contributed by atoms with Crippen molar-refractivity contribution in [2.75, 3.05) is 0 Å². The molecule has 0 amide bonds. The standard InChI is InChI=1S/C46H23N3S2/c1-2-10-26-24(8-1)18-20-32-43(26)48-46(44(47-32)31-15-6-14-30-27-11-3-4-16-35(27)51-45(30)31)49-33-21-19-25-9-5-12-28-29-13-7-17-36-39(29)42-37(50-36)23-22-34(49)41(42)40(33)38(25)28/h1-23H. The molecule has 0 radical (unpaired) electrons. The molecule has 5 heteroatoms. The Labute approximate surface area is 298 Å². The van der Waals surface area contributed by atoms with Crippen LogP contribution in [0.2, 0.25) is 0 Å². The van der Waals surface area contributed by atoms with E-state index in [4.69, 9.17) is 9.97 Å². The summed E-state index contributed by atoms with van der Waals surface area (Å²) in [4.78, 5) is 11.3. The topological polar surface area (TPSA) is 30.7 Å². The van der Waals surface area contributed by atoms with Gasteiger partial charge in [0.15, 0.2) is 5.82 Å². The molecule has 8 aromatic carbocycles. The lowest BCUT2D eigenvalue weighted by atomic mass is 9.95. The maximum atomic E-state index is 5.71. The zero-order chi connectivity index (χ0) is 32.9. The third kappa shape index (κ3) is 3.29. The van der Waals surface area contributed by atoms with Crippen molar-refractivity contribution in [1.29, 1.82) is 0 Å². The summed E-state index contributed by atoms with van der Waals surface area (Å²) in [7, 11) is 0. The van der Waals surface area contributed by atoms with Gasteiger partial charge in [-0.25, -0.2) is 9.97 Å². The van der Waals surface area contributed by atoms with E-state index in [0.717, 1.165) is 49.9 Å². The zero-order valence-electron chi connectivity index (χ0n) is 26.9. The van der Waals surface area contributed by atoms with Crippen molar-refractivity contribution in [1.82, 2.24) is 14.5 Å². The monoisotopic (exact) mass is 681 g/mol. The van der Waals surface area contributed by atoms with Crippen molar-refractivity contribution < 1.29 is 0 Å². The smallest absolute Gasteiger partial charge is 0.165 e. The van der Waals surface area contributed by atoms with E-state index >= 15 is 0 Å². The van der Waals surface area contributed by atoms with Gasteiger partial charge in [-0.3, -0.25) is 4.57 Å². The number of rotatable bonds is 2. The molecule has 13 rings (SSSR count). The number of aromatic nitrogens is 3. The van der Waals surface area contributed by atoms with Crippen LogP contribution in [0.25, 0.3) is 123 Å². The van der Waals surface area contributed by atoms with Crippen LogP contribution in [0.4, 0.5) is 0 Å². The van der Waals surface area contributed by atoms with Gasteiger partial charge >= 0.3 is 0 Å². The van der Waals surface area contributed by atoms with Crippen LogP contribution in [0.1, 0.15) is 0 Å². The largest absolute Gasteiger partial charge is 0.292 e. The van der Waals surface area contributed by atoms with Crippen molar-refractivity contribution in [2.45, 2.75) is 0 Å². The molecule has 4 aromatic heterocycles. The van der Waals surface area contributed by atoms with Crippen molar-refractivity contribution >= 4 is 117 Å². The van der Waals surface area contributed by atoms with Gasteiger partial charge in [0, 0.05) is 62.1 Å². The summed E-state index contributed by atoms with van der Waals surface area (Å²) in [6, 6.07) is 51.1. The van der Waals surface area contributed by atoms with E-state index < -0.39 is 0 Å². The number of hydrogen-bond donors (Lipinski definition) is 0. The summed E-state index contributed by atoms with van der Waals surface area (Å²) in [5.41, 5.74) is 8.76. The Morgan fingerprint density at radius 2 is 1.08 bits per heavy atom. The minimum absolute atomic E-state index is 0.861. The van der Waals surface area contributed by atoms with E-state index in [9.17, 15) is 0 Å². The fourth-order valence-electron chi connectivity index (χ4n) is 9.00. The second-order valence-electron chi connectivity index (χ2n) is 13.6. The molecule has 0 aliphatic heterocycles. The molecule has 4 heterocycles. The fourth-order valence-corrected chi connectivity index (χ4v) is 11.4. The van der Waals surface area contributed by atoms with Crippen LogP contribution in [0.15, 0.2) is 140 Å². The molecular weight excluding hydrogens is 659 g/mol. The average molecular weight is 682 g/mol. The second-order valence-corrected chi connectivity index (χ2v) is 15.8. The van der Waals surface area contributed by atoms with Crippen LogP contribution in [0, 0.1) is 0 Å². The molecule has 1 aliphatic carbocycles. The molecule has 0 saturated carbocycles. The lowest BCUT2D eigenvalue weighted by molar-refractivity contribution is 1.08. The molecule has 12 aromatic rings. The summed E-state index contributed by atoms with van der Waals surface area (Å²) in [6.07, 6.45) is 0. The van der Waals surface area contributed by atoms with E-state index in [-0.39, 0.29) is 0 Å². The van der Waals surface area contributed by atoms with Gasteiger partial charge < -0.3 is 0 Å². The Balaban J connectivity index is 1.27. The highest BCUT2D eigenvalue weighted by atomic mass is 32.1. The van der Waals surface area contributed by atoms with E-state index in [1.165, 1.54) is 73.0 Å². The van der Waals surface area contributed by atoms with Crippen molar-refractivity contribution in [3.05, 3.63) is 140 Å². The predicted molar refractivity (Wildman–Crippen MR) is 219 cm³/mol. The predicted octanol–water partition coefficient (Wildman–Crippen LogP) is 13.4. The Bertz CT molecular complexity index is 3550. The molecule has 3 nitrogen and oxygen atoms in total. The maximum absolute atomic E-state index is 5.71. The molecule has 0 unspecified atom stereocenters. The molecule has 0 spiro atoms. The molecule has 0 bridgehead atoms. The third-order valence-electron chi connectivity index (χ3n) is 11.1. The van der Waals surface area contributed by atoms with E-state index in [2.05, 4.69) is 144 Å². The van der Waals surface area contributed by atoms with Crippen LogP contribution in [0.3, 0.4) is 0 Å². The van der Waals surface area contributed by atoms with Gasteiger partial charge in [-0.1, -0.05) is 103 Å². The highest BCUT2D eigenvalue weighted by molar-refractivity contribution is 7.26. The molecular formula is C46H23N3S2. The number of nitrogens with zero attached hydrogens (tertiary/aromatic N) is 3. The first-order valence-electron chi connectivity index (χ1n) is 17.3. The summed E-state index contributed by atoms with van der Waals surface area (Å²) in [5, 5.41) is 12.7. The number of thiophene rings is 2. The van der Waals surface area contributed by atoms with Gasteiger partial charge in [-0.15, -0.1) is 22.7 Å². The van der Waals surface area contributed by atoms with Crippen LogP contribution < -0.4 is 0 Å². The highest BCUT2D eigenvalue weighted by Gasteiger charge is 2.28. The van der Waals surface area contributed by atoms with Gasteiger partial charge in [0.05, 0.1) is 22.1 Å². The average Bonchev–Trinajstić information content (AvgIpc) is 3.83. The van der Waals surface area contributed by atoms with Crippen LogP contribution >= 0.6 is 22.7 Å². The molecule has 1 aliphatic rings. The molecule has 51 heavy (non-hydrogen) atoms. The Morgan fingerprint density at radius 3 is 2.02 bits per heavy atom. The zero-order valence-corrected chi connectivity index (χ0v) is 28.6. The van der Waals surface area contributed by atoms with Gasteiger partial charge in [0.2, 0.25) is 0 Å². The minimum atomic E-state index is 0.861.